The smallest absolute Gasteiger partial charge is 0.251 e. The van der Waals surface area contributed by atoms with Gasteiger partial charge in [0.2, 0.25) is 0 Å². The Morgan fingerprint density at radius 3 is 2.78 bits per heavy atom. The van der Waals surface area contributed by atoms with Crippen molar-refractivity contribution in [3.63, 3.8) is 0 Å². The first kappa shape index (κ1) is 17.5. The normalized spacial score (nSPS) is 16.2. The zero-order valence-electron chi connectivity index (χ0n) is 13.6. The van der Waals surface area contributed by atoms with Crippen molar-refractivity contribution >= 4 is 18.3 Å². The van der Waals surface area contributed by atoms with Crippen molar-refractivity contribution in [3.8, 4) is 0 Å². The number of halogens is 1. The van der Waals surface area contributed by atoms with E-state index in [1.807, 2.05) is 32.0 Å². The molecule has 23 heavy (non-hydrogen) atoms. The van der Waals surface area contributed by atoms with E-state index in [0.29, 0.717) is 6.54 Å². The fraction of sp³-hybridized carbons (Fsp3) is 0.316. The molecule has 4 heteroatoms. The number of fused-ring (bicyclic) bond motifs is 1. The lowest BCUT2D eigenvalue weighted by Gasteiger charge is -2.27. The molecule has 0 saturated heterocycles. The van der Waals surface area contributed by atoms with Gasteiger partial charge >= 0.3 is 0 Å². The molecule has 0 saturated carbocycles. The van der Waals surface area contributed by atoms with E-state index in [4.69, 9.17) is 0 Å². The second kappa shape index (κ2) is 7.62. The number of carbonyl (C=O) groups is 1. The summed E-state index contributed by atoms with van der Waals surface area (Å²) in [5, 5.41) is 6.56. The first-order chi connectivity index (χ1) is 10.6. The van der Waals surface area contributed by atoms with Gasteiger partial charge in [-0.05, 0) is 49.6 Å². The van der Waals surface area contributed by atoms with E-state index in [1.54, 1.807) is 0 Å². The summed E-state index contributed by atoms with van der Waals surface area (Å²) >= 11 is 0. The van der Waals surface area contributed by atoms with Crippen molar-refractivity contribution in [1.82, 2.24) is 10.6 Å². The summed E-state index contributed by atoms with van der Waals surface area (Å²) in [5.74, 6) is 0.00218. The van der Waals surface area contributed by atoms with Gasteiger partial charge in [0.25, 0.3) is 5.91 Å². The minimum atomic E-state index is 0. The molecular formula is C19H23ClN2O. The van der Waals surface area contributed by atoms with E-state index in [-0.39, 0.29) is 24.4 Å². The van der Waals surface area contributed by atoms with Gasteiger partial charge in [-0.15, -0.1) is 12.4 Å². The van der Waals surface area contributed by atoms with Crippen LogP contribution in [0.4, 0.5) is 0 Å². The minimum Gasteiger partial charge on any atom is -0.350 e. The molecule has 1 amide bonds. The van der Waals surface area contributed by atoms with Crippen molar-refractivity contribution in [2.45, 2.75) is 26.3 Å². The van der Waals surface area contributed by atoms with Crippen molar-refractivity contribution in [3.05, 3.63) is 70.3 Å². The Morgan fingerprint density at radius 2 is 2.00 bits per heavy atom. The zero-order chi connectivity index (χ0) is 15.5. The molecule has 1 aliphatic rings. The lowest BCUT2D eigenvalue weighted by molar-refractivity contribution is 0.0948. The van der Waals surface area contributed by atoms with Crippen LogP contribution >= 0.6 is 12.4 Å². The molecule has 0 aliphatic carbocycles. The highest BCUT2D eigenvalue weighted by atomic mass is 35.5. The molecule has 0 aromatic heterocycles. The Balaban J connectivity index is 0.00000192. The van der Waals surface area contributed by atoms with Crippen molar-refractivity contribution in [2.75, 3.05) is 13.1 Å². The van der Waals surface area contributed by atoms with Crippen LogP contribution in [-0.2, 0) is 6.42 Å². The Bertz CT molecular complexity index is 700. The number of hydrogen-bond acceptors (Lipinski definition) is 2. The standard InChI is InChI=1S/C19H22N2O.ClH/c1-13-7-8-16(14(2)11-13)19(22)21-12-18-17-6-4-3-5-15(17)9-10-20-18;/h3-8,11,18,20H,9-10,12H2,1-2H3,(H,21,22);1H. The van der Waals surface area contributed by atoms with Crippen LogP contribution in [0.3, 0.4) is 0 Å². The van der Waals surface area contributed by atoms with Gasteiger partial charge < -0.3 is 10.6 Å². The van der Waals surface area contributed by atoms with Crippen LogP contribution in [0.2, 0.25) is 0 Å². The lowest BCUT2D eigenvalue weighted by atomic mass is 9.94. The molecular weight excluding hydrogens is 308 g/mol. The summed E-state index contributed by atoms with van der Waals surface area (Å²) in [5.41, 5.74) is 5.64. The number of rotatable bonds is 3. The number of amides is 1. The van der Waals surface area contributed by atoms with Crippen LogP contribution in [-0.4, -0.2) is 19.0 Å². The highest BCUT2D eigenvalue weighted by Crippen LogP contribution is 2.22. The fourth-order valence-electron chi connectivity index (χ4n) is 3.13. The van der Waals surface area contributed by atoms with E-state index in [2.05, 4.69) is 34.9 Å². The molecule has 3 rings (SSSR count). The first-order valence-electron chi connectivity index (χ1n) is 7.82. The molecule has 2 N–H and O–H groups in total. The molecule has 0 fully saturated rings. The van der Waals surface area contributed by atoms with Gasteiger partial charge in [0, 0.05) is 18.2 Å². The highest BCUT2D eigenvalue weighted by Gasteiger charge is 2.20. The van der Waals surface area contributed by atoms with Gasteiger partial charge in [-0.2, -0.15) is 0 Å². The van der Waals surface area contributed by atoms with Gasteiger partial charge in [0.15, 0.2) is 0 Å². The molecule has 122 valence electrons. The largest absolute Gasteiger partial charge is 0.350 e. The maximum Gasteiger partial charge on any atom is 0.251 e. The quantitative estimate of drug-likeness (QED) is 0.906. The van der Waals surface area contributed by atoms with Crippen LogP contribution < -0.4 is 10.6 Å². The van der Waals surface area contributed by atoms with Gasteiger partial charge in [0.1, 0.15) is 0 Å². The summed E-state index contributed by atoms with van der Waals surface area (Å²) < 4.78 is 0. The minimum absolute atomic E-state index is 0. The van der Waals surface area contributed by atoms with Crippen LogP contribution in [0.15, 0.2) is 42.5 Å². The Kier molecular flexibility index (Phi) is 5.80. The Morgan fingerprint density at radius 1 is 1.22 bits per heavy atom. The summed E-state index contributed by atoms with van der Waals surface area (Å²) in [4.78, 5) is 12.4. The van der Waals surface area contributed by atoms with Crippen molar-refractivity contribution < 1.29 is 4.79 Å². The Hall–Kier alpha value is -1.84. The second-order valence-electron chi connectivity index (χ2n) is 5.98. The molecule has 1 heterocycles. The predicted molar refractivity (Wildman–Crippen MR) is 96.4 cm³/mol. The van der Waals surface area contributed by atoms with E-state index < -0.39 is 0 Å². The van der Waals surface area contributed by atoms with E-state index in [1.165, 1.54) is 16.7 Å². The molecule has 3 nitrogen and oxygen atoms in total. The summed E-state index contributed by atoms with van der Waals surface area (Å²) in [6, 6.07) is 14.6. The average Bonchev–Trinajstić information content (AvgIpc) is 2.52. The van der Waals surface area contributed by atoms with Gasteiger partial charge in [0.05, 0.1) is 0 Å². The van der Waals surface area contributed by atoms with Gasteiger partial charge in [-0.3, -0.25) is 4.79 Å². The predicted octanol–water partition coefficient (Wildman–Crippen LogP) is 3.34. The van der Waals surface area contributed by atoms with Crippen molar-refractivity contribution in [2.24, 2.45) is 0 Å². The molecule has 2 aromatic carbocycles. The maximum absolute atomic E-state index is 12.4. The lowest BCUT2D eigenvalue weighted by Crippen LogP contribution is -2.39. The van der Waals surface area contributed by atoms with Crippen LogP contribution in [0, 0.1) is 13.8 Å². The van der Waals surface area contributed by atoms with E-state index in [9.17, 15) is 4.79 Å². The van der Waals surface area contributed by atoms with Crippen molar-refractivity contribution in [1.29, 1.82) is 0 Å². The molecule has 0 radical (unpaired) electrons. The molecule has 1 unspecified atom stereocenters. The summed E-state index contributed by atoms with van der Waals surface area (Å²) in [7, 11) is 0. The number of nitrogens with one attached hydrogen (secondary N) is 2. The van der Waals surface area contributed by atoms with Gasteiger partial charge in [-0.1, -0.05) is 42.0 Å². The van der Waals surface area contributed by atoms with Crippen LogP contribution in [0.25, 0.3) is 0 Å². The number of benzene rings is 2. The zero-order valence-corrected chi connectivity index (χ0v) is 14.4. The molecule has 2 aromatic rings. The third kappa shape index (κ3) is 3.92. The summed E-state index contributed by atoms with van der Waals surface area (Å²) in [6.07, 6.45) is 1.05. The topological polar surface area (TPSA) is 41.1 Å². The van der Waals surface area contributed by atoms with Crippen LogP contribution in [0.5, 0.6) is 0 Å². The van der Waals surface area contributed by atoms with Crippen LogP contribution in [0.1, 0.15) is 38.7 Å². The Labute approximate surface area is 143 Å². The highest BCUT2D eigenvalue weighted by molar-refractivity contribution is 5.95. The molecule has 1 aliphatic heterocycles. The first-order valence-corrected chi connectivity index (χ1v) is 7.82. The third-order valence-corrected chi connectivity index (χ3v) is 4.31. The SMILES string of the molecule is Cc1ccc(C(=O)NCC2NCCc3ccccc32)c(C)c1.Cl. The third-order valence-electron chi connectivity index (χ3n) is 4.31. The monoisotopic (exact) mass is 330 g/mol. The number of carbonyl (C=O) groups excluding carboxylic acids is 1. The van der Waals surface area contributed by atoms with E-state index in [0.717, 1.165) is 24.1 Å². The molecule has 0 bridgehead atoms. The number of aryl methyl sites for hydroxylation is 2. The van der Waals surface area contributed by atoms with Gasteiger partial charge in [-0.25, -0.2) is 0 Å². The fourth-order valence-corrected chi connectivity index (χ4v) is 3.13. The second-order valence-corrected chi connectivity index (χ2v) is 5.98. The maximum atomic E-state index is 12.4. The molecule has 1 atom stereocenters. The number of hydrogen-bond donors (Lipinski definition) is 2. The average molecular weight is 331 g/mol. The summed E-state index contributed by atoms with van der Waals surface area (Å²) in [6.45, 7) is 5.60. The van der Waals surface area contributed by atoms with E-state index >= 15 is 0 Å². The molecule has 0 spiro atoms.